The van der Waals surface area contributed by atoms with Crippen LogP contribution in [0.4, 0.5) is 5.82 Å². The van der Waals surface area contributed by atoms with E-state index in [9.17, 15) is 9.59 Å². The minimum absolute atomic E-state index is 0.0447. The second kappa shape index (κ2) is 6.91. The third-order valence-corrected chi connectivity index (χ3v) is 4.75. The summed E-state index contributed by atoms with van der Waals surface area (Å²) < 4.78 is 0. The lowest BCUT2D eigenvalue weighted by molar-refractivity contribution is -0.142. The van der Waals surface area contributed by atoms with E-state index in [0.717, 1.165) is 20.7 Å². The molecule has 2 heterocycles. The van der Waals surface area contributed by atoms with E-state index in [4.69, 9.17) is 5.11 Å². The Balaban J connectivity index is 2.09. The quantitative estimate of drug-likeness (QED) is 0.745. The van der Waals surface area contributed by atoms with Crippen LogP contribution in [-0.2, 0) is 9.59 Å². The number of carboxylic acids is 1. The van der Waals surface area contributed by atoms with Gasteiger partial charge in [0.05, 0.1) is 11.9 Å². The lowest BCUT2D eigenvalue weighted by Gasteiger charge is -2.18. The summed E-state index contributed by atoms with van der Waals surface area (Å²) in [7, 11) is 0. The van der Waals surface area contributed by atoms with Crippen molar-refractivity contribution < 1.29 is 14.7 Å². The van der Waals surface area contributed by atoms with E-state index in [0.29, 0.717) is 5.82 Å². The van der Waals surface area contributed by atoms with E-state index in [1.807, 2.05) is 13.8 Å². The predicted octanol–water partition coefficient (Wildman–Crippen LogP) is 1.95. The van der Waals surface area contributed by atoms with Crippen LogP contribution in [-0.4, -0.2) is 39.5 Å². The minimum atomic E-state index is -1.04. The van der Waals surface area contributed by atoms with Gasteiger partial charge in [0.2, 0.25) is 5.91 Å². The fourth-order valence-corrected chi connectivity index (χ4v) is 3.22. The number of thiophene rings is 1. The molecular weight excluding hydrogens is 316 g/mol. The van der Waals surface area contributed by atoms with Crippen molar-refractivity contribution in [1.82, 2.24) is 15.3 Å². The van der Waals surface area contributed by atoms with Gasteiger partial charge in [-0.15, -0.1) is 11.3 Å². The van der Waals surface area contributed by atoms with Crippen LogP contribution < -0.4 is 10.6 Å². The fraction of sp³-hybridized carbons (Fsp3) is 0.467. The SMILES string of the molecule is Cc1sc2ncnc(NCC(=O)NC(C(=O)O)C(C)C)c2c1C. The van der Waals surface area contributed by atoms with E-state index in [2.05, 4.69) is 20.6 Å². The van der Waals surface area contributed by atoms with Crippen LogP contribution in [0, 0.1) is 19.8 Å². The van der Waals surface area contributed by atoms with Crippen molar-refractivity contribution in [2.75, 3.05) is 11.9 Å². The lowest BCUT2D eigenvalue weighted by atomic mass is 10.1. The Bertz CT molecular complexity index is 742. The van der Waals surface area contributed by atoms with E-state index in [-0.39, 0.29) is 18.4 Å². The number of hydrogen-bond donors (Lipinski definition) is 3. The zero-order valence-electron chi connectivity index (χ0n) is 13.5. The number of aliphatic carboxylic acids is 1. The summed E-state index contributed by atoms with van der Waals surface area (Å²) in [6, 6.07) is -0.903. The molecule has 1 unspecified atom stereocenters. The molecule has 2 aromatic heterocycles. The third kappa shape index (κ3) is 3.76. The molecule has 0 saturated heterocycles. The van der Waals surface area contributed by atoms with Gasteiger partial charge in [0.15, 0.2) is 0 Å². The molecule has 0 aliphatic carbocycles. The maximum atomic E-state index is 12.0. The minimum Gasteiger partial charge on any atom is -0.480 e. The molecule has 7 nitrogen and oxygen atoms in total. The van der Waals surface area contributed by atoms with E-state index in [1.165, 1.54) is 6.33 Å². The summed E-state index contributed by atoms with van der Waals surface area (Å²) in [6.07, 6.45) is 1.45. The van der Waals surface area contributed by atoms with E-state index in [1.54, 1.807) is 25.2 Å². The zero-order chi connectivity index (χ0) is 17.1. The summed E-state index contributed by atoms with van der Waals surface area (Å²) in [6.45, 7) is 7.45. The summed E-state index contributed by atoms with van der Waals surface area (Å²) in [5.41, 5.74) is 1.08. The molecule has 1 atom stereocenters. The van der Waals surface area contributed by atoms with E-state index >= 15 is 0 Å². The summed E-state index contributed by atoms with van der Waals surface area (Å²) in [4.78, 5) is 33.5. The molecular formula is C15H20N4O3S. The highest BCUT2D eigenvalue weighted by atomic mass is 32.1. The predicted molar refractivity (Wildman–Crippen MR) is 89.8 cm³/mol. The van der Waals surface area contributed by atoms with Crippen molar-refractivity contribution in [1.29, 1.82) is 0 Å². The number of nitrogens with one attached hydrogen (secondary N) is 2. The fourth-order valence-electron chi connectivity index (χ4n) is 2.22. The first-order valence-electron chi connectivity index (χ1n) is 7.28. The van der Waals surface area contributed by atoms with Crippen LogP contribution in [0.1, 0.15) is 24.3 Å². The van der Waals surface area contributed by atoms with Crippen molar-refractivity contribution in [2.45, 2.75) is 33.7 Å². The van der Waals surface area contributed by atoms with Crippen LogP contribution in [0.2, 0.25) is 0 Å². The van der Waals surface area contributed by atoms with Crippen LogP contribution in [0.15, 0.2) is 6.33 Å². The topological polar surface area (TPSA) is 104 Å². The van der Waals surface area contributed by atoms with Crippen molar-refractivity contribution in [3.63, 3.8) is 0 Å². The molecule has 8 heteroatoms. The van der Waals surface area contributed by atoms with Gasteiger partial charge in [-0.3, -0.25) is 4.79 Å². The maximum absolute atomic E-state index is 12.0. The molecule has 0 spiro atoms. The van der Waals surface area contributed by atoms with Gasteiger partial charge in [-0.2, -0.15) is 0 Å². The zero-order valence-corrected chi connectivity index (χ0v) is 14.3. The first kappa shape index (κ1) is 17.1. The number of carbonyl (C=O) groups is 2. The van der Waals surface area contributed by atoms with Crippen LogP contribution >= 0.6 is 11.3 Å². The normalized spacial score (nSPS) is 12.4. The Labute approximate surface area is 138 Å². The van der Waals surface area contributed by atoms with Gasteiger partial charge in [-0.25, -0.2) is 14.8 Å². The highest BCUT2D eigenvalue weighted by molar-refractivity contribution is 7.18. The summed E-state index contributed by atoms with van der Waals surface area (Å²) in [5.74, 6) is -1.03. The van der Waals surface area contributed by atoms with Crippen LogP contribution in [0.5, 0.6) is 0 Å². The monoisotopic (exact) mass is 336 g/mol. The van der Waals surface area contributed by atoms with Gasteiger partial charge < -0.3 is 15.7 Å². The smallest absolute Gasteiger partial charge is 0.326 e. The van der Waals surface area contributed by atoms with Gasteiger partial charge in [-0.05, 0) is 25.3 Å². The summed E-state index contributed by atoms with van der Waals surface area (Å²) in [5, 5.41) is 15.5. The summed E-state index contributed by atoms with van der Waals surface area (Å²) >= 11 is 1.58. The maximum Gasteiger partial charge on any atom is 0.326 e. The number of rotatable bonds is 6. The van der Waals surface area contributed by atoms with Crippen molar-refractivity contribution >= 4 is 39.2 Å². The highest BCUT2D eigenvalue weighted by Crippen LogP contribution is 2.32. The molecule has 3 N–H and O–H groups in total. The molecule has 23 heavy (non-hydrogen) atoms. The molecule has 0 aliphatic rings. The molecule has 0 saturated carbocycles. The van der Waals surface area contributed by atoms with Crippen molar-refractivity contribution in [3.8, 4) is 0 Å². The van der Waals surface area contributed by atoms with Gasteiger partial charge >= 0.3 is 5.97 Å². The highest BCUT2D eigenvalue weighted by Gasteiger charge is 2.23. The second-order valence-electron chi connectivity index (χ2n) is 5.67. The number of amides is 1. The van der Waals surface area contributed by atoms with Gasteiger partial charge in [0.1, 0.15) is 23.0 Å². The molecule has 2 rings (SSSR count). The average molecular weight is 336 g/mol. The van der Waals surface area contributed by atoms with E-state index < -0.39 is 12.0 Å². The van der Waals surface area contributed by atoms with Gasteiger partial charge in [0.25, 0.3) is 0 Å². The molecule has 0 bridgehead atoms. The number of anilines is 1. The second-order valence-corrected chi connectivity index (χ2v) is 6.87. The van der Waals surface area contributed by atoms with Crippen LogP contribution in [0.3, 0.4) is 0 Å². The first-order chi connectivity index (χ1) is 10.8. The molecule has 0 radical (unpaired) electrons. The number of carbonyl (C=O) groups excluding carboxylic acids is 1. The Kier molecular flexibility index (Phi) is 5.15. The van der Waals surface area contributed by atoms with Gasteiger partial charge in [0, 0.05) is 4.88 Å². The van der Waals surface area contributed by atoms with Crippen molar-refractivity contribution in [3.05, 3.63) is 16.8 Å². The molecule has 2 aromatic rings. The largest absolute Gasteiger partial charge is 0.480 e. The third-order valence-electron chi connectivity index (χ3n) is 3.63. The molecule has 0 aromatic carbocycles. The Morgan fingerprint density at radius 2 is 2.00 bits per heavy atom. The Hall–Kier alpha value is -2.22. The first-order valence-corrected chi connectivity index (χ1v) is 8.09. The molecule has 124 valence electrons. The molecule has 0 fully saturated rings. The number of carboxylic acid groups (broad SMARTS) is 1. The molecule has 0 aliphatic heterocycles. The standard InChI is InChI=1S/C15H20N4O3S/c1-7(2)12(15(21)22)19-10(20)5-16-13-11-8(3)9(4)23-14(11)18-6-17-13/h6-7,12H,5H2,1-4H3,(H,19,20)(H,21,22)(H,16,17,18). The van der Waals surface area contributed by atoms with Crippen LogP contribution in [0.25, 0.3) is 10.2 Å². The van der Waals surface area contributed by atoms with Gasteiger partial charge in [-0.1, -0.05) is 13.8 Å². The number of hydrogen-bond acceptors (Lipinski definition) is 6. The lowest BCUT2D eigenvalue weighted by Crippen LogP contribution is -2.46. The Morgan fingerprint density at radius 1 is 1.30 bits per heavy atom. The van der Waals surface area contributed by atoms with Crippen molar-refractivity contribution in [2.24, 2.45) is 5.92 Å². The number of nitrogens with zero attached hydrogens (tertiary/aromatic N) is 2. The molecule has 1 amide bonds. The average Bonchev–Trinajstić information content (AvgIpc) is 2.77. The number of fused-ring (bicyclic) bond motifs is 1. The number of aryl methyl sites for hydroxylation is 2. The number of aromatic nitrogens is 2. The Morgan fingerprint density at radius 3 is 2.61 bits per heavy atom.